The molecule has 0 fully saturated rings. The minimum Gasteiger partial charge on any atom is -0.354 e. The highest BCUT2D eigenvalue weighted by molar-refractivity contribution is 6.20. The van der Waals surface area contributed by atoms with E-state index >= 15 is 0 Å². The molecule has 0 aliphatic carbocycles. The quantitative estimate of drug-likeness (QED) is 0.424. The topological polar surface area (TPSA) is 28.7 Å². The lowest BCUT2D eigenvalue weighted by molar-refractivity contribution is 0.631. The van der Waals surface area contributed by atoms with E-state index in [-0.39, 0.29) is 5.82 Å². The molecule has 0 unspecified atom stereocenters. The number of para-hydroxylation sites is 2. The summed E-state index contributed by atoms with van der Waals surface area (Å²) in [6, 6.07) is 22.8. The van der Waals surface area contributed by atoms with Gasteiger partial charge in [-0.25, -0.2) is 9.37 Å². The van der Waals surface area contributed by atoms with E-state index in [0.29, 0.717) is 11.3 Å². The van der Waals surface area contributed by atoms with Crippen LogP contribution < -0.4 is 0 Å². The second kappa shape index (κ2) is 4.90. The van der Waals surface area contributed by atoms with Crippen LogP contribution in [0.3, 0.4) is 0 Å². The molecule has 0 aliphatic heterocycles. The first kappa shape index (κ1) is 13.3. The molecule has 114 valence electrons. The molecular weight excluding hydrogens is 299 g/mol. The summed E-state index contributed by atoms with van der Waals surface area (Å²) < 4.78 is 14.5. The van der Waals surface area contributed by atoms with Crippen LogP contribution in [0.1, 0.15) is 0 Å². The van der Waals surface area contributed by atoms with Crippen LogP contribution in [-0.2, 0) is 0 Å². The summed E-state index contributed by atoms with van der Waals surface area (Å²) in [5.41, 5.74) is 4.09. The highest BCUT2D eigenvalue weighted by atomic mass is 19.1. The van der Waals surface area contributed by atoms with Gasteiger partial charge < -0.3 is 4.98 Å². The first-order chi connectivity index (χ1) is 11.8. The highest BCUT2D eigenvalue weighted by Crippen LogP contribution is 2.37. The minimum absolute atomic E-state index is 0.258. The van der Waals surface area contributed by atoms with Crippen molar-refractivity contribution >= 4 is 32.7 Å². The van der Waals surface area contributed by atoms with Gasteiger partial charge in [0.25, 0.3) is 0 Å². The van der Waals surface area contributed by atoms with Crippen LogP contribution in [0.2, 0.25) is 0 Å². The smallest absolute Gasteiger partial charge is 0.132 e. The van der Waals surface area contributed by atoms with Gasteiger partial charge in [-0.1, -0.05) is 48.5 Å². The molecule has 0 atom stereocenters. The Morgan fingerprint density at radius 3 is 2.33 bits per heavy atom. The standard InChI is InChI=1S/C21H13FN2/c22-16-10-4-1-7-13(16)20-19-14-8-2-5-11-17(14)23-21(19)15-9-3-6-12-18(15)24-20/h1-12,23H. The molecule has 2 nitrogen and oxygen atoms in total. The number of H-pyrrole nitrogens is 1. The van der Waals surface area contributed by atoms with E-state index in [2.05, 4.69) is 11.1 Å². The lowest BCUT2D eigenvalue weighted by atomic mass is 10.0. The third-order valence-electron chi connectivity index (χ3n) is 4.48. The van der Waals surface area contributed by atoms with Gasteiger partial charge in [-0.3, -0.25) is 0 Å². The van der Waals surface area contributed by atoms with Crippen molar-refractivity contribution in [2.75, 3.05) is 0 Å². The van der Waals surface area contributed by atoms with Crippen LogP contribution in [0.4, 0.5) is 4.39 Å². The molecule has 24 heavy (non-hydrogen) atoms. The van der Waals surface area contributed by atoms with Crippen molar-refractivity contribution in [3.8, 4) is 11.3 Å². The molecule has 0 saturated heterocycles. The van der Waals surface area contributed by atoms with Crippen molar-refractivity contribution in [3.63, 3.8) is 0 Å². The Bertz CT molecular complexity index is 1220. The third kappa shape index (κ3) is 1.78. The normalized spacial score (nSPS) is 11.5. The van der Waals surface area contributed by atoms with Crippen LogP contribution in [-0.4, -0.2) is 9.97 Å². The maximum atomic E-state index is 14.5. The zero-order valence-corrected chi connectivity index (χ0v) is 12.8. The van der Waals surface area contributed by atoms with Gasteiger partial charge in [0.1, 0.15) is 5.82 Å². The summed E-state index contributed by atoms with van der Waals surface area (Å²) in [6.45, 7) is 0. The number of nitrogens with one attached hydrogen (secondary N) is 1. The number of nitrogens with zero attached hydrogens (tertiary/aromatic N) is 1. The average Bonchev–Trinajstić information content (AvgIpc) is 3.01. The molecule has 3 heteroatoms. The van der Waals surface area contributed by atoms with E-state index in [4.69, 9.17) is 4.98 Å². The van der Waals surface area contributed by atoms with E-state index < -0.39 is 0 Å². The molecule has 0 saturated carbocycles. The van der Waals surface area contributed by atoms with Crippen LogP contribution >= 0.6 is 0 Å². The number of hydrogen-bond acceptors (Lipinski definition) is 1. The van der Waals surface area contributed by atoms with Gasteiger partial charge in [0.05, 0.1) is 16.7 Å². The molecule has 0 radical (unpaired) electrons. The van der Waals surface area contributed by atoms with Gasteiger partial charge in [0, 0.05) is 27.2 Å². The van der Waals surface area contributed by atoms with E-state index in [1.807, 2.05) is 48.5 Å². The third-order valence-corrected chi connectivity index (χ3v) is 4.48. The Labute approximate surface area is 137 Å². The Balaban J connectivity index is 2.06. The van der Waals surface area contributed by atoms with Gasteiger partial charge in [-0.05, 0) is 24.3 Å². The van der Waals surface area contributed by atoms with Crippen molar-refractivity contribution in [1.29, 1.82) is 0 Å². The first-order valence-corrected chi connectivity index (χ1v) is 7.87. The fourth-order valence-corrected chi connectivity index (χ4v) is 3.40. The number of rotatable bonds is 1. The van der Waals surface area contributed by atoms with Crippen LogP contribution in [0, 0.1) is 5.82 Å². The first-order valence-electron chi connectivity index (χ1n) is 7.87. The number of benzene rings is 3. The lowest BCUT2D eigenvalue weighted by Crippen LogP contribution is -1.91. The summed E-state index contributed by atoms with van der Waals surface area (Å²) in [6.07, 6.45) is 0. The molecule has 0 aliphatic rings. The van der Waals surface area contributed by atoms with Crippen molar-refractivity contribution in [2.45, 2.75) is 0 Å². The van der Waals surface area contributed by atoms with Gasteiger partial charge >= 0.3 is 0 Å². The van der Waals surface area contributed by atoms with E-state index in [1.165, 1.54) is 6.07 Å². The van der Waals surface area contributed by atoms with Crippen molar-refractivity contribution in [3.05, 3.63) is 78.6 Å². The second-order valence-corrected chi connectivity index (χ2v) is 5.88. The number of halogens is 1. The SMILES string of the molecule is Fc1ccccc1-c1nc2ccccc2c2[nH]c3ccccc3c12. The molecular formula is C21H13FN2. The van der Waals surface area contributed by atoms with E-state index in [9.17, 15) is 4.39 Å². The summed E-state index contributed by atoms with van der Waals surface area (Å²) in [7, 11) is 0. The molecule has 5 aromatic rings. The van der Waals surface area contributed by atoms with Crippen molar-refractivity contribution in [2.24, 2.45) is 0 Å². The van der Waals surface area contributed by atoms with E-state index in [0.717, 1.165) is 32.7 Å². The Morgan fingerprint density at radius 2 is 1.46 bits per heavy atom. The maximum Gasteiger partial charge on any atom is 0.132 e. The number of pyridine rings is 1. The predicted molar refractivity (Wildman–Crippen MR) is 96.5 cm³/mol. The molecule has 5 rings (SSSR count). The number of aromatic amines is 1. The fourth-order valence-electron chi connectivity index (χ4n) is 3.40. The van der Waals surface area contributed by atoms with Gasteiger partial charge in [0.2, 0.25) is 0 Å². The molecule has 3 aromatic carbocycles. The van der Waals surface area contributed by atoms with Crippen LogP contribution in [0.5, 0.6) is 0 Å². The highest BCUT2D eigenvalue weighted by Gasteiger charge is 2.17. The number of aromatic nitrogens is 2. The maximum absolute atomic E-state index is 14.5. The Morgan fingerprint density at radius 1 is 0.750 bits per heavy atom. The molecule has 2 aromatic heterocycles. The Hall–Kier alpha value is -3.20. The zero-order valence-electron chi connectivity index (χ0n) is 12.8. The van der Waals surface area contributed by atoms with Crippen LogP contribution in [0.25, 0.3) is 44.0 Å². The molecule has 2 heterocycles. The largest absolute Gasteiger partial charge is 0.354 e. The van der Waals surface area contributed by atoms with E-state index in [1.54, 1.807) is 12.1 Å². The Kier molecular flexibility index (Phi) is 2.71. The summed E-state index contributed by atoms with van der Waals surface area (Å²) in [4.78, 5) is 8.28. The van der Waals surface area contributed by atoms with Crippen LogP contribution in [0.15, 0.2) is 72.8 Å². The van der Waals surface area contributed by atoms with Crippen molar-refractivity contribution in [1.82, 2.24) is 9.97 Å². The lowest BCUT2D eigenvalue weighted by Gasteiger charge is -2.08. The second-order valence-electron chi connectivity index (χ2n) is 5.88. The molecule has 0 bridgehead atoms. The zero-order chi connectivity index (χ0) is 16.1. The molecule has 0 amide bonds. The minimum atomic E-state index is -0.258. The monoisotopic (exact) mass is 312 g/mol. The summed E-state index contributed by atoms with van der Waals surface area (Å²) in [5.74, 6) is -0.258. The van der Waals surface area contributed by atoms with Crippen molar-refractivity contribution < 1.29 is 4.39 Å². The van der Waals surface area contributed by atoms with Gasteiger partial charge in [-0.2, -0.15) is 0 Å². The molecule has 0 spiro atoms. The predicted octanol–water partition coefficient (Wildman–Crippen LogP) is 5.68. The fraction of sp³-hybridized carbons (Fsp3) is 0. The summed E-state index contributed by atoms with van der Waals surface area (Å²) >= 11 is 0. The van der Waals surface area contributed by atoms with Gasteiger partial charge in [0.15, 0.2) is 0 Å². The summed E-state index contributed by atoms with van der Waals surface area (Å²) in [5, 5.41) is 3.07. The van der Waals surface area contributed by atoms with Gasteiger partial charge in [-0.15, -0.1) is 0 Å². The average molecular weight is 312 g/mol. The molecule has 1 N–H and O–H groups in total. The number of hydrogen-bond donors (Lipinski definition) is 1. The number of fused-ring (bicyclic) bond motifs is 5.